The summed E-state index contributed by atoms with van der Waals surface area (Å²) >= 11 is 0. The molecule has 1 atom stereocenters. The lowest BCUT2D eigenvalue weighted by molar-refractivity contribution is 0.392. The van der Waals surface area contributed by atoms with Crippen LogP contribution in [0.15, 0.2) is 12.4 Å². The van der Waals surface area contributed by atoms with Crippen LogP contribution in [-0.2, 0) is 6.42 Å². The molecular weight excluding hydrogens is 174 g/mol. The van der Waals surface area contributed by atoms with Crippen LogP contribution in [0, 0.1) is 5.92 Å². The second kappa shape index (κ2) is 5.81. The number of H-pyrrole nitrogens is 1. The van der Waals surface area contributed by atoms with Crippen molar-refractivity contribution in [2.45, 2.75) is 39.7 Å². The van der Waals surface area contributed by atoms with Crippen LogP contribution in [0.1, 0.15) is 33.0 Å². The number of aromatic nitrogens is 2. The third kappa shape index (κ3) is 3.50. The van der Waals surface area contributed by atoms with Crippen LogP contribution in [0.5, 0.6) is 0 Å². The molecule has 2 N–H and O–H groups in total. The highest BCUT2D eigenvalue weighted by Crippen LogP contribution is 2.06. The Morgan fingerprint density at radius 1 is 1.50 bits per heavy atom. The van der Waals surface area contributed by atoms with E-state index in [0.717, 1.165) is 18.8 Å². The minimum Gasteiger partial charge on any atom is -0.349 e. The van der Waals surface area contributed by atoms with E-state index in [0.29, 0.717) is 12.0 Å². The van der Waals surface area contributed by atoms with E-state index < -0.39 is 0 Å². The molecule has 0 bridgehead atoms. The highest BCUT2D eigenvalue weighted by molar-refractivity contribution is 4.92. The summed E-state index contributed by atoms with van der Waals surface area (Å²) in [6.45, 7) is 7.77. The second-order valence-electron chi connectivity index (χ2n) is 4.04. The molecule has 0 aliphatic carbocycles. The molecule has 14 heavy (non-hydrogen) atoms. The zero-order chi connectivity index (χ0) is 10.4. The first-order valence-corrected chi connectivity index (χ1v) is 5.45. The Hall–Kier alpha value is -0.830. The van der Waals surface area contributed by atoms with Crippen molar-refractivity contribution in [1.29, 1.82) is 0 Å². The van der Waals surface area contributed by atoms with Gasteiger partial charge >= 0.3 is 0 Å². The van der Waals surface area contributed by atoms with E-state index in [1.165, 1.54) is 6.42 Å². The van der Waals surface area contributed by atoms with Crippen LogP contribution >= 0.6 is 0 Å². The monoisotopic (exact) mass is 195 g/mol. The number of nitrogens with one attached hydrogen (secondary N) is 2. The Morgan fingerprint density at radius 3 is 2.79 bits per heavy atom. The topological polar surface area (TPSA) is 40.7 Å². The number of nitrogens with zero attached hydrogens (tertiary/aromatic N) is 1. The summed E-state index contributed by atoms with van der Waals surface area (Å²) in [6, 6.07) is 0.529. The van der Waals surface area contributed by atoms with E-state index in [9.17, 15) is 0 Å². The zero-order valence-electron chi connectivity index (χ0n) is 9.38. The van der Waals surface area contributed by atoms with Gasteiger partial charge in [-0.25, -0.2) is 4.98 Å². The predicted octanol–water partition coefficient (Wildman–Crippen LogP) is 1.98. The molecule has 80 valence electrons. The molecule has 0 fully saturated rings. The summed E-state index contributed by atoms with van der Waals surface area (Å²) in [7, 11) is 0. The smallest absolute Gasteiger partial charge is 0.107 e. The fraction of sp³-hybridized carbons (Fsp3) is 0.727. The molecule has 0 saturated carbocycles. The molecule has 0 saturated heterocycles. The van der Waals surface area contributed by atoms with Gasteiger partial charge in [0.2, 0.25) is 0 Å². The number of aromatic amines is 1. The molecule has 1 aromatic rings. The van der Waals surface area contributed by atoms with Gasteiger partial charge in [0, 0.05) is 24.9 Å². The molecule has 1 heterocycles. The first-order valence-electron chi connectivity index (χ1n) is 5.45. The van der Waals surface area contributed by atoms with Crippen molar-refractivity contribution < 1.29 is 0 Å². The second-order valence-corrected chi connectivity index (χ2v) is 4.04. The van der Waals surface area contributed by atoms with Crippen molar-refractivity contribution in [2.24, 2.45) is 5.92 Å². The van der Waals surface area contributed by atoms with E-state index in [1.807, 2.05) is 12.4 Å². The molecule has 1 rings (SSSR count). The fourth-order valence-corrected chi connectivity index (χ4v) is 1.49. The first kappa shape index (κ1) is 11.2. The predicted molar refractivity (Wildman–Crippen MR) is 59.2 cm³/mol. The zero-order valence-corrected chi connectivity index (χ0v) is 9.38. The first-order chi connectivity index (χ1) is 6.74. The summed E-state index contributed by atoms with van der Waals surface area (Å²) in [6.07, 6.45) is 5.87. The minimum absolute atomic E-state index is 0.529. The summed E-state index contributed by atoms with van der Waals surface area (Å²) < 4.78 is 0. The van der Waals surface area contributed by atoms with Crippen molar-refractivity contribution in [1.82, 2.24) is 15.3 Å². The van der Waals surface area contributed by atoms with Gasteiger partial charge in [-0.1, -0.05) is 20.8 Å². The highest BCUT2D eigenvalue weighted by atomic mass is 14.9. The van der Waals surface area contributed by atoms with Gasteiger partial charge in [0.25, 0.3) is 0 Å². The van der Waals surface area contributed by atoms with Gasteiger partial charge in [0.1, 0.15) is 5.82 Å². The Morgan fingerprint density at radius 2 is 2.29 bits per heavy atom. The van der Waals surface area contributed by atoms with Gasteiger partial charge in [-0.3, -0.25) is 0 Å². The molecule has 1 unspecified atom stereocenters. The fourth-order valence-electron chi connectivity index (χ4n) is 1.49. The van der Waals surface area contributed by atoms with Crippen molar-refractivity contribution in [3.63, 3.8) is 0 Å². The maximum Gasteiger partial charge on any atom is 0.107 e. The van der Waals surface area contributed by atoms with Crippen molar-refractivity contribution in [3.05, 3.63) is 18.2 Å². The van der Waals surface area contributed by atoms with Gasteiger partial charge in [-0.2, -0.15) is 0 Å². The summed E-state index contributed by atoms with van der Waals surface area (Å²) in [5.74, 6) is 1.72. The third-order valence-electron chi connectivity index (χ3n) is 2.43. The lowest BCUT2D eigenvalue weighted by Crippen LogP contribution is -2.36. The van der Waals surface area contributed by atoms with Crippen LogP contribution in [0.4, 0.5) is 0 Å². The molecule has 3 heteroatoms. The van der Waals surface area contributed by atoms with Crippen molar-refractivity contribution >= 4 is 0 Å². The number of rotatable bonds is 6. The molecule has 0 aromatic carbocycles. The van der Waals surface area contributed by atoms with Gasteiger partial charge in [-0.05, 0) is 18.9 Å². The molecule has 0 spiro atoms. The van der Waals surface area contributed by atoms with E-state index in [1.54, 1.807) is 0 Å². The summed E-state index contributed by atoms with van der Waals surface area (Å²) in [5, 5.41) is 3.55. The van der Waals surface area contributed by atoms with Gasteiger partial charge in [-0.15, -0.1) is 0 Å². The Bertz CT molecular complexity index is 229. The number of hydrogen-bond donors (Lipinski definition) is 2. The van der Waals surface area contributed by atoms with Gasteiger partial charge in [0.15, 0.2) is 0 Å². The van der Waals surface area contributed by atoms with Crippen LogP contribution in [-0.4, -0.2) is 22.6 Å². The SMILES string of the molecule is CCCNC(Cc1ncc[nH]1)C(C)C. The summed E-state index contributed by atoms with van der Waals surface area (Å²) in [5.41, 5.74) is 0. The summed E-state index contributed by atoms with van der Waals surface area (Å²) in [4.78, 5) is 7.40. The molecule has 0 aliphatic heterocycles. The number of imidazole rings is 1. The quantitative estimate of drug-likeness (QED) is 0.728. The highest BCUT2D eigenvalue weighted by Gasteiger charge is 2.13. The van der Waals surface area contributed by atoms with Crippen LogP contribution in [0.25, 0.3) is 0 Å². The van der Waals surface area contributed by atoms with E-state index in [4.69, 9.17) is 0 Å². The molecule has 1 aromatic heterocycles. The molecule has 0 amide bonds. The lowest BCUT2D eigenvalue weighted by Gasteiger charge is -2.21. The maximum absolute atomic E-state index is 4.25. The molecule has 3 nitrogen and oxygen atoms in total. The minimum atomic E-state index is 0.529. The lowest BCUT2D eigenvalue weighted by atomic mass is 10.0. The Balaban J connectivity index is 2.43. The Labute approximate surface area is 86.3 Å². The third-order valence-corrected chi connectivity index (χ3v) is 2.43. The van der Waals surface area contributed by atoms with Crippen LogP contribution in [0.2, 0.25) is 0 Å². The molecule has 0 radical (unpaired) electrons. The van der Waals surface area contributed by atoms with Crippen molar-refractivity contribution in [2.75, 3.05) is 6.54 Å². The maximum atomic E-state index is 4.25. The standard InChI is InChI=1S/C11H21N3/c1-4-5-12-10(9(2)3)8-11-13-6-7-14-11/h6-7,9-10,12H,4-5,8H2,1-3H3,(H,13,14). The number of hydrogen-bond acceptors (Lipinski definition) is 2. The Kier molecular flexibility index (Phi) is 4.66. The normalized spacial score (nSPS) is 13.4. The van der Waals surface area contributed by atoms with Gasteiger partial charge in [0.05, 0.1) is 0 Å². The van der Waals surface area contributed by atoms with Crippen molar-refractivity contribution in [3.8, 4) is 0 Å². The molecular formula is C11H21N3. The van der Waals surface area contributed by atoms with E-state index in [2.05, 4.69) is 36.1 Å². The average Bonchev–Trinajstić information content (AvgIpc) is 2.64. The van der Waals surface area contributed by atoms with E-state index >= 15 is 0 Å². The average molecular weight is 195 g/mol. The van der Waals surface area contributed by atoms with Crippen LogP contribution in [0.3, 0.4) is 0 Å². The largest absolute Gasteiger partial charge is 0.349 e. The van der Waals surface area contributed by atoms with Gasteiger partial charge < -0.3 is 10.3 Å². The molecule has 0 aliphatic rings. The van der Waals surface area contributed by atoms with E-state index in [-0.39, 0.29) is 0 Å². The van der Waals surface area contributed by atoms with Crippen LogP contribution < -0.4 is 5.32 Å².